The maximum atomic E-state index is 13.0. The van der Waals surface area contributed by atoms with Crippen LogP contribution in [0, 0.1) is 0 Å². The number of ether oxygens (including phenoxy) is 1. The number of hydrogen-bond donors (Lipinski definition) is 2. The Kier molecular flexibility index (Phi) is 5.70. The van der Waals surface area contributed by atoms with Crippen molar-refractivity contribution in [2.24, 2.45) is 0 Å². The molecule has 0 saturated carbocycles. The van der Waals surface area contributed by atoms with Crippen molar-refractivity contribution < 1.29 is 27.8 Å². The Morgan fingerprint density at radius 2 is 1.90 bits per heavy atom. The number of amides is 1. The summed E-state index contributed by atoms with van der Waals surface area (Å²) in [6, 6.07) is 9.85. The van der Waals surface area contributed by atoms with Gasteiger partial charge >= 0.3 is 6.18 Å². The highest BCUT2D eigenvalue weighted by Gasteiger charge is 2.33. The van der Waals surface area contributed by atoms with Gasteiger partial charge in [-0.2, -0.15) is 23.0 Å². The number of rotatable bonds is 4. The molecule has 0 unspecified atom stereocenters. The van der Waals surface area contributed by atoms with Crippen LogP contribution in [0.1, 0.15) is 16.1 Å². The molecule has 2 N–H and O–H groups in total. The Balaban J connectivity index is 2.01. The molecular weight excluding hydrogens is 427 g/mol. The van der Waals surface area contributed by atoms with Crippen molar-refractivity contribution >= 4 is 23.2 Å². The van der Waals surface area contributed by atoms with Crippen LogP contribution in [0.4, 0.5) is 18.9 Å². The maximum absolute atomic E-state index is 13.0. The fraction of sp³-hybridized carbons (Fsp3) is 0.105. The van der Waals surface area contributed by atoms with Crippen molar-refractivity contribution in [1.82, 2.24) is 9.78 Å². The number of carbonyl (C=O) groups excluding carboxylic acids is 1. The van der Waals surface area contributed by atoms with Gasteiger partial charge in [-0.25, -0.2) is 0 Å². The van der Waals surface area contributed by atoms with Gasteiger partial charge in [0.15, 0.2) is 11.4 Å². The van der Waals surface area contributed by atoms with Gasteiger partial charge in [-0.3, -0.25) is 9.59 Å². The highest BCUT2D eigenvalue weighted by Crippen LogP contribution is 2.36. The van der Waals surface area contributed by atoms with Gasteiger partial charge in [0.05, 0.1) is 17.7 Å². The number of carbonyl (C=O) groups is 1. The molecule has 0 aliphatic rings. The topological polar surface area (TPSA) is 93.5 Å². The number of benzene rings is 2. The molecule has 0 radical (unpaired) electrons. The zero-order chi connectivity index (χ0) is 22.1. The lowest BCUT2D eigenvalue weighted by Crippen LogP contribution is -2.25. The van der Waals surface area contributed by atoms with Gasteiger partial charge < -0.3 is 15.2 Å². The van der Waals surface area contributed by atoms with Crippen LogP contribution in [0.5, 0.6) is 11.5 Å². The Labute approximate surface area is 172 Å². The van der Waals surface area contributed by atoms with Gasteiger partial charge in [-0.05, 0) is 30.3 Å². The number of para-hydroxylation sites is 2. The molecule has 7 nitrogen and oxygen atoms in total. The van der Waals surface area contributed by atoms with Crippen molar-refractivity contribution in [3.05, 3.63) is 75.2 Å². The average molecular weight is 440 g/mol. The summed E-state index contributed by atoms with van der Waals surface area (Å²) in [5.41, 5.74) is -2.50. The standard InChI is InChI=1S/C19H13ClF3N3O4/c1-30-15-5-3-2-4-13(15)26-16(28)9-14(27)17(25-26)18(29)24-10-6-7-12(20)11(8-10)19(21,22)23/h2-9,27H,1H3,(H,24,29). The number of nitrogens with one attached hydrogen (secondary N) is 1. The summed E-state index contributed by atoms with van der Waals surface area (Å²) in [5, 5.41) is 15.5. The minimum Gasteiger partial charge on any atom is -0.505 e. The molecule has 30 heavy (non-hydrogen) atoms. The van der Waals surface area contributed by atoms with Crippen LogP contribution in [0.15, 0.2) is 53.3 Å². The molecule has 0 saturated heterocycles. The number of methoxy groups -OCH3 is 1. The fourth-order valence-electron chi connectivity index (χ4n) is 2.60. The molecule has 2 aromatic carbocycles. The third kappa shape index (κ3) is 4.23. The summed E-state index contributed by atoms with van der Waals surface area (Å²) in [6.45, 7) is 0. The van der Waals surface area contributed by atoms with Crippen LogP contribution in [0.2, 0.25) is 5.02 Å². The van der Waals surface area contributed by atoms with E-state index in [2.05, 4.69) is 10.4 Å². The second-order valence-corrected chi connectivity index (χ2v) is 6.35. The number of anilines is 1. The van der Waals surface area contributed by atoms with Crippen molar-refractivity contribution in [2.75, 3.05) is 12.4 Å². The first kappa shape index (κ1) is 21.2. The molecule has 1 heterocycles. The van der Waals surface area contributed by atoms with Gasteiger partial charge in [0.25, 0.3) is 11.5 Å². The predicted octanol–water partition coefficient (Wildman–Crippen LogP) is 3.87. The molecule has 0 aliphatic carbocycles. The van der Waals surface area contributed by atoms with E-state index in [1.807, 2.05) is 0 Å². The van der Waals surface area contributed by atoms with E-state index in [9.17, 15) is 27.9 Å². The molecule has 0 spiro atoms. The lowest BCUT2D eigenvalue weighted by molar-refractivity contribution is -0.137. The third-order valence-corrected chi connectivity index (χ3v) is 4.30. The minimum atomic E-state index is -4.73. The maximum Gasteiger partial charge on any atom is 0.417 e. The van der Waals surface area contributed by atoms with Crippen LogP contribution in [0.25, 0.3) is 5.69 Å². The number of halogens is 4. The molecule has 0 atom stereocenters. The molecule has 3 rings (SSSR count). The summed E-state index contributed by atoms with van der Waals surface area (Å²) < 4.78 is 45.0. The zero-order valence-corrected chi connectivity index (χ0v) is 16.0. The molecule has 0 bridgehead atoms. The van der Waals surface area contributed by atoms with Crippen LogP contribution < -0.4 is 15.6 Å². The van der Waals surface area contributed by atoms with E-state index in [0.29, 0.717) is 6.07 Å². The van der Waals surface area contributed by atoms with Gasteiger partial charge in [-0.1, -0.05) is 23.7 Å². The minimum absolute atomic E-state index is 0.199. The highest BCUT2D eigenvalue weighted by molar-refractivity contribution is 6.31. The quantitative estimate of drug-likeness (QED) is 0.643. The molecule has 11 heteroatoms. The third-order valence-electron chi connectivity index (χ3n) is 3.97. The Hall–Kier alpha value is -3.53. The van der Waals surface area contributed by atoms with Gasteiger partial charge in [-0.15, -0.1) is 0 Å². The van der Waals surface area contributed by atoms with Crippen LogP contribution in [0.3, 0.4) is 0 Å². The lowest BCUT2D eigenvalue weighted by Gasteiger charge is -2.13. The van der Waals surface area contributed by atoms with Crippen molar-refractivity contribution in [3.63, 3.8) is 0 Å². The number of nitrogens with zero attached hydrogens (tertiary/aromatic N) is 2. The van der Waals surface area contributed by atoms with Crippen LogP contribution >= 0.6 is 11.6 Å². The van der Waals surface area contributed by atoms with E-state index in [-0.39, 0.29) is 17.1 Å². The lowest BCUT2D eigenvalue weighted by atomic mass is 10.2. The first-order valence-corrected chi connectivity index (χ1v) is 8.64. The van der Waals surface area contributed by atoms with E-state index in [1.54, 1.807) is 18.2 Å². The van der Waals surface area contributed by atoms with Gasteiger partial charge in [0, 0.05) is 11.8 Å². The Morgan fingerprint density at radius 1 is 1.20 bits per heavy atom. The molecule has 0 fully saturated rings. The molecular formula is C19H13ClF3N3O4. The second-order valence-electron chi connectivity index (χ2n) is 5.95. The molecule has 1 amide bonds. The van der Waals surface area contributed by atoms with E-state index < -0.39 is 39.7 Å². The van der Waals surface area contributed by atoms with E-state index in [1.165, 1.54) is 13.2 Å². The summed E-state index contributed by atoms with van der Waals surface area (Å²) in [5.74, 6) is -1.50. The summed E-state index contributed by atoms with van der Waals surface area (Å²) in [7, 11) is 1.37. The number of alkyl halides is 3. The summed E-state index contributed by atoms with van der Waals surface area (Å²) in [4.78, 5) is 24.8. The molecule has 1 aromatic heterocycles. The second kappa shape index (κ2) is 8.07. The summed E-state index contributed by atoms with van der Waals surface area (Å²) in [6.07, 6.45) is -4.73. The molecule has 3 aromatic rings. The van der Waals surface area contributed by atoms with Gasteiger partial charge in [0.2, 0.25) is 0 Å². The predicted molar refractivity (Wildman–Crippen MR) is 102 cm³/mol. The van der Waals surface area contributed by atoms with E-state index in [4.69, 9.17) is 16.3 Å². The highest BCUT2D eigenvalue weighted by atomic mass is 35.5. The van der Waals surface area contributed by atoms with E-state index in [0.717, 1.165) is 22.9 Å². The first-order valence-electron chi connectivity index (χ1n) is 8.26. The number of hydrogen-bond acceptors (Lipinski definition) is 5. The smallest absolute Gasteiger partial charge is 0.417 e. The largest absolute Gasteiger partial charge is 0.505 e. The monoisotopic (exact) mass is 439 g/mol. The van der Waals surface area contributed by atoms with Crippen LogP contribution in [-0.2, 0) is 6.18 Å². The fourth-order valence-corrected chi connectivity index (χ4v) is 2.82. The number of aromatic hydroxyl groups is 1. The molecule has 156 valence electrons. The SMILES string of the molecule is COc1ccccc1-n1nc(C(=O)Nc2ccc(Cl)c(C(F)(F)F)c2)c(O)cc1=O. The van der Waals surface area contributed by atoms with Crippen molar-refractivity contribution in [2.45, 2.75) is 6.18 Å². The molecule has 0 aliphatic heterocycles. The first-order chi connectivity index (χ1) is 14.1. The zero-order valence-electron chi connectivity index (χ0n) is 15.2. The van der Waals surface area contributed by atoms with Crippen molar-refractivity contribution in [1.29, 1.82) is 0 Å². The van der Waals surface area contributed by atoms with Gasteiger partial charge in [0.1, 0.15) is 11.4 Å². The number of aromatic nitrogens is 2. The Morgan fingerprint density at radius 3 is 2.57 bits per heavy atom. The van der Waals surface area contributed by atoms with Crippen molar-refractivity contribution in [3.8, 4) is 17.2 Å². The van der Waals surface area contributed by atoms with Crippen LogP contribution in [-0.4, -0.2) is 27.9 Å². The van der Waals surface area contributed by atoms with E-state index >= 15 is 0 Å². The Bertz CT molecular complexity index is 1180. The normalized spacial score (nSPS) is 11.2. The summed E-state index contributed by atoms with van der Waals surface area (Å²) >= 11 is 5.56. The average Bonchev–Trinajstić information content (AvgIpc) is 2.68.